The molecule has 3 rings (SSSR count). The van der Waals surface area contributed by atoms with Gasteiger partial charge in [0.15, 0.2) is 0 Å². The SMILES string of the molecule is c1n[nH]c(C2CCCCN2)c1C1CC1. The molecule has 0 spiro atoms. The molecule has 14 heavy (non-hydrogen) atoms. The Bertz CT molecular complexity index is 308. The van der Waals surface area contributed by atoms with Gasteiger partial charge in [-0.3, -0.25) is 5.10 Å². The lowest BCUT2D eigenvalue weighted by Gasteiger charge is -2.23. The van der Waals surface area contributed by atoms with Gasteiger partial charge in [-0.05, 0) is 43.7 Å². The summed E-state index contributed by atoms with van der Waals surface area (Å²) in [4.78, 5) is 0. The predicted octanol–water partition coefficient (Wildman–Crippen LogP) is 2.10. The van der Waals surface area contributed by atoms with E-state index >= 15 is 0 Å². The van der Waals surface area contributed by atoms with Crippen LogP contribution in [0.25, 0.3) is 0 Å². The highest BCUT2D eigenvalue weighted by Crippen LogP contribution is 2.43. The van der Waals surface area contributed by atoms with Crippen molar-refractivity contribution in [2.75, 3.05) is 6.54 Å². The van der Waals surface area contributed by atoms with Crippen LogP contribution in [0.2, 0.25) is 0 Å². The van der Waals surface area contributed by atoms with Gasteiger partial charge in [-0.15, -0.1) is 0 Å². The Labute approximate surface area is 84.3 Å². The molecule has 1 saturated heterocycles. The zero-order valence-corrected chi connectivity index (χ0v) is 8.42. The van der Waals surface area contributed by atoms with Gasteiger partial charge in [0.2, 0.25) is 0 Å². The van der Waals surface area contributed by atoms with E-state index in [9.17, 15) is 0 Å². The highest BCUT2D eigenvalue weighted by Gasteiger charge is 2.30. The Kier molecular flexibility index (Phi) is 2.05. The smallest absolute Gasteiger partial charge is 0.0556 e. The molecule has 2 heterocycles. The van der Waals surface area contributed by atoms with Crippen LogP contribution in [0.5, 0.6) is 0 Å². The van der Waals surface area contributed by atoms with Crippen molar-refractivity contribution in [3.05, 3.63) is 17.5 Å². The third kappa shape index (κ3) is 1.46. The van der Waals surface area contributed by atoms with E-state index in [0.29, 0.717) is 6.04 Å². The predicted molar refractivity (Wildman–Crippen MR) is 55.2 cm³/mol. The van der Waals surface area contributed by atoms with Crippen LogP contribution in [0.4, 0.5) is 0 Å². The van der Waals surface area contributed by atoms with Crippen molar-refractivity contribution >= 4 is 0 Å². The summed E-state index contributed by atoms with van der Waals surface area (Å²) in [6, 6.07) is 0.543. The molecule has 0 radical (unpaired) electrons. The van der Waals surface area contributed by atoms with E-state index in [1.54, 1.807) is 0 Å². The van der Waals surface area contributed by atoms with Crippen LogP contribution in [-0.2, 0) is 0 Å². The summed E-state index contributed by atoms with van der Waals surface area (Å²) in [7, 11) is 0. The summed E-state index contributed by atoms with van der Waals surface area (Å²) in [5, 5.41) is 11.0. The first kappa shape index (κ1) is 8.48. The maximum absolute atomic E-state index is 4.19. The van der Waals surface area contributed by atoms with E-state index in [4.69, 9.17) is 0 Å². The average Bonchev–Trinajstić information content (AvgIpc) is 2.98. The van der Waals surface area contributed by atoms with Crippen molar-refractivity contribution in [3.8, 4) is 0 Å². The van der Waals surface area contributed by atoms with Gasteiger partial charge in [0, 0.05) is 6.04 Å². The first-order valence-corrected chi connectivity index (χ1v) is 5.71. The maximum atomic E-state index is 4.19. The maximum Gasteiger partial charge on any atom is 0.0556 e. The van der Waals surface area contributed by atoms with Crippen LogP contribution >= 0.6 is 0 Å². The molecule has 1 unspecified atom stereocenters. The van der Waals surface area contributed by atoms with Gasteiger partial charge >= 0.3 is 0 Å². The molecule has 2 N–H and O–H groups in total. The molecule has 76 valence electrons. The second-order valence-electron chi connectivity index (χ2n) is 4.52. The highest BCUT2D eigenvalue weighted by molar-refractivity contribution is 5.28. The first-order chi connectivity index (χ1) is 6.95. The lowest BCUT2D eigenvalue weighted by Crippen LogP contribution is -2.27. The monoisotopic (exact) mass is 191 g/mol. The first-order valence-electron chi connectivity index (χ1n) is 5.71. The summed E-state index contributed by atoms with van der Waals surface area (Å²) in [6.45, 7) is 1.16. The Morgan fingerprint density at radius 3 is 2.86 bits per heavy atom. The number of hydrogen-bond acceptors (Lipinski definition) is 2. The largest absolute Gasteiger partial charge is 0.309 e. The average molecular weight is 191 g/mol. The molecule has 1 aromatic rings. The fraction of sp³-hybridized carbons (Fsp3) is 0.727. The lowest BCUT2D eigenvalue weighted by atomic mass is 9.98. The quantitative estimate of drug-likeness (QED) is 0.751. The summed E-state index contributed by atoms with van der Waals surface area (Å²) in [5.41, 5.74) is 2.84. The Balaban J connectivity index is 1.82. The van der Waals surface area contributed by atoms with Crippen LogP contribution in [0.3, 0.4) is 0 Å². The molecule has 2 fully saturated rings. The number of rotatable bonds is 2. The summed E-state index contributed by atoms with van der Waals surface area (Å²) in [5.74, 6) is 0.812. The molecule has 1 atom stereocenters. The molecular weight excluding hydrogens is 174 g/mol. The van der Waals surface area contributed by atoms with Gasteiger partial charge in [-0.25, -0.2) is 0 Å². The summed E-state index contributed by atoms with van der Waals surface area (Å²) in [6.07, 6.45) is 8.69. The van der Waals surface area contributed by atoms with Crippen molar-refractivity contribution in [3.63, 3.8) is 0 Å². The van der Waals surface area contributed by atoms with E-state index in [2.05, 4.69) is 15.5 Å². The molecule has 3 nitrogen and oxygen atoms in total. The molecule has 1 aliphatic carbocycles. The topological polar surface area (TPSA) is 40.7 Å². The van der Waals surface area contributed by atoms with Crippen LogP contribution in [0.15, 0.2) is 6.20 Å². The fourth-order valence-electron chi connectivity index (χ4n) is 2.40. The molecular formula is C11H17N3. The van der Waals surface area contributed by atoms with Crippen LogP contribution in [0, 0.1) is 0 Å². The van der Waals surface area contributed by atoms with E-state index < -0.39 is 0 Å². The number of aromatic nitrogens is 2. The number of nitrogens with zero attached hydrogens (tertiary/aromatic N) is 1. The second-order valence-corrected chi connectivity index (χ2v) is 4.52. The standard InChI is InChI=1S/C11H17N3/c1-2-6-12-10(3-1)11-9(7-13-14-11)8-4-5-8/h7-8,10,12H,1-6H2,(H,13,14). The van der Waals surface area contributed by atoms with Crippen molar-refractivity contribution in [1.29, 1.82) is 0 Å². The van der Waals surface area contributed by atoms with Gasteiger partial charge < -0.3 is 5.32 Å². The van der Waals surface area contributed by atoms with E-state index in [1.165, 1.54) is 43.4 Å². The number of hydrogen-bond donors (Lipinski definition) is 2. The zero-order valence-electron chi connectivity index (χ0n) is 8.42. The van der Waals surface area contributed by atoms with Crippen molar-refractivity contribution in [2.24, 2.45) is 0 Å². The van der Waals surface area contributed by atoms with E-state index in [1.807, 2.05) is 6.20 Å². The summed E-state index contributed by atoms with van der Waals surface area (Å²) >= 11 is 0. The minimum absolute atomic E-state index is 0.543. The van der Waals surface area contributed by atoms with Gasteiger partial charge in [-0.1, -0.05) is 6.42 Å². The molecule has 3 heteroatoms. The van der Waals surface area contributed by atoms with Gasteiger partial charge in [0.05, 0.1) is 11.9 Å². The van der Waals surface area contributed by atoms with Crippen LogP contribution < -0.4 is 5.32 Å². The third-order valence-electron chi connectivity index (χ3n) is 3.38. The number of H-pyrrole nitrogens is 1. The van der Waals surface area contributed by atoms with Crippen LogP contribution in [0.1, 0.15) is 55.3 Å². The minimum Gasteiger partial charge on any atom is -0.309 e. The number of nitrogens with one attached hydrogen (secondary N) is 2. The minimum atomic E-state index is 0.543. The van der Waals surface area contributed by atoms with Gasteiger partial charge in [-0.2, -0.15) is 5.10 Å². The summed E-state index contributed by atoms with van der Waals surface area (Å²) < 4.78 is 0. The van der Waals surface area contributed by atoms with E-state index in [-0.39, 0.29) is 0 Å². The lowest BCUT2D eigenvalue weighted by molar-refractivity contribution is 0.403. The van der Waals surface area contributed by atoms with Crippen molar-refractivity contribution < 1.29 is 0 Å². The van der Waals surface area contributed by atoms with Gasteiger partial charge in [0.1, 0.15) is 0 Å². The Morgan fingerprint density at radius 2 is 2.14 bits per heavy atom. The van der Waals surface area contributed by atoms with Crippen molar-refractivity contribution in [1.82, 2.24) is 15.5 Å². The fourth-order valence-corrected chi connectivity index (χ4v) is 2.40. The highest BCUT2D eigenvalue weighted by atomic mass is 15.1. The number of piperidine rings is 1. The molecule has 0 aromatic carbocycles. The second kappa shape index (κ2) is 3.39. The van der Waals surface area contributed by atoms with E-state index in [0.717, 1.165) is 12.5 Å². The zero-order chi connectivity index (χ0) is 9.38. The molecule has 0 amide bonds. The molecule has 1 aliphatic heterocycles. The third-order valence-corrected chi connectivity index (χ3v) is 3.38. The van der Waals surface area contributed by atoms with Crippen molar-refractivity contribution in [2.45, 2.75) is 44.1 Å². The number of aromatic amines is 1. The Morgan fingerprint density at radius 1 is 1.21 bits per heavy atom. The molecule has 0 bridgehead atoms. The van der Waals surface area contributed by atoms with Crippen LogP contribution in [-0.4, -0.2) is 16.7 Å². The van der Waals surface area contributed by atoms with Gasteiger partial charge in [0.25, 0.3) is 0 Å². The normalized spacial score (nSPS) is 27.9. The molecule has 1 saturated carbocycles. The molecule has 1 aromatic heterocycles. The Hall–Kier alpha value is -0.830. The molecule has 2 aliphatic rings.